The maximum Gasteiger partial charge on any atom is 0.339 e. The van der Waals surface area contributed by atoms with Gasteiger partial charge in [0.05, 0.1) is 23.3 Å². The molecule has 0 fully saturated rings. The molecule has 154 valence electrons. The molecule has 3 aromatic rings. The molecule has 0 saturated carbocycles. The van der Waals surface area contributed by atoms with Gasteiger partial charge in [-0.05, 0) is 49.4 Å². The van der Waals surface area contributed by atoms with Crippen LogP contribution in [0.3, 0.4) is 0 Å². The van der Waals surface area contributed by atoms with Crippen molar-refractivity contribution >= 4 is 33.3 Å². The van der Waals surface area contributed by atoms with Gasteiger partial charge in [-0.15, -0.1) is 0 Å². The number of amides is 1. The fourth-order valence-electron chi connectivity index (χ4n) is 2.71. The van der Waals surface area contributed by atoms with Crippen LogP contribution in [-0.4, -0.2) is 27.4 Å². The first-order valence-corrected chi connectivity index (χ1v) is 10.5. The normalized spacial score (nSPS) is 10.9. The Morgan fingerprint density at radius 1 is 0.900 bits per heavy atom. The second kappa shape index (κ2) is 8.79. The lowest BCUT2D eigenvalue weighted by Crippen LogP contribution is -2.17. The molecule has 0 saturated heterocycles. The molecule has 0 aliphatic carbocycles. The van der Waals surface area contributed by atoms with Crippen molar-refractivity contribution in [3.63, 3.8) is 0 Å². The molecule has 8 heteroatoms. The molecule has 30 heavy (non-hydrogen) atoms. The van der Waals surface area contributed by atoms with E-state index in [0.29, 0.717) is 5.69 Å². The van der Waals surface area contributed by atoms with Gasteiger partial charge in [0.25, 0.3) is 15.9 Å². The van der Waals surface area contributed by atoms with E-state index in [-0.39, 0.29) is 21.7 Å². The summed E-state index contributed by atoms with van der Waals surface area (Å²) in [6.45, 7) is 1.90. The molecule has 0 unspecified atom stereocenters. The number of hydrogen-bond donors (Lipinski definition) is 2. The monoisotopic (exact) mass is 424 g/mol. The molecule has 7 nitrogen and oxygen atoms in total. The zero-order valence-electron chi connectivity index (χ0n) is 16.4. The minimum Gasteiger partial charge on any atom is -0.465 e. The van der Waals surface area contributed by atoms with Crippen LogP contribution in [0.4, 0.5) is 11.4 Å². The Labute approximate surface area is 174 Å². The Morgan fingerprint density at radius 3 is 2.30 bits per heavy atom. The Hall–Kier alpha value is -3.65. The molecule has 0 radical (unpaired) electrons. The van der Waals surface area contributed by atoms with Gasteiger partial charge in [0.15, 0.2) is 0 Å². The molecule has 0 bridgehead atoms. The zero-order valence-corrected chi connectivity index (χ0v) is 17.2. The highest BCUT2D eigenvalue weighted by Crippen LogP contribution is 2.20. The lowest BCUT2D eigenvalue weighted by Gasteiger charge is -2.11. The van der Waals surface area contributed by atoms with Gasteiger partial charge in [0.2, 0.25) is 0 Å². The molecule has 0 spiro atoms. The number of carbonyl (C=O) groups is 2. The number of ether oxygens (including phenoxy) is 1. The van der Waals surface area contributed by atoms with E-state index in [1.54, 1.807) is 42.5 Å². The van der Waals surface area contributed by atoms with Gasteiger partial charge in [-0.1, -0.05) is 35.9 Å². The second-order valence-corrected chi connectivity index (χ2v) is 8.17. The first-order chi connectivity index (χ1) is 14.3. The number of sulfonamides is 1. The fourth-order valence-corrected chi connectivity index (χ4v) is 3.82. The highest BCUT2D eigenvalue weighted by molar-refractivity contribution is 7.92. The van der Waals surface area contributed by atoms with Crippen molar-refractivity contribution in [1.29, 1.82) is 0 Å². The van der Waals surface area contributed by atoms with E-state index in [1.165, 1.54) is 37.4 Å². The third kappa shape index (κ3) is 4.84. The van der Waals surface area contributed by atoms with Gasteiger partial charge in [-0.2, -0.15) is 0 Å². The largest absolute Gasteiger partial charge is 0.465 e. The van der Waals surface area contributed by atoms with E-state index in [2.05, 4.69) is 10.0 Å². The Morgan fingerprint density at radius 2 is 1.60 bits per heavy atom. The number of carbonyl (C=O) groups excluding carboxylic acids is 2. The summed E-state index contributed by atoms with van der Waals surface area (Å²) in [6, 6.07) is 18.9. The molecule has 2 N–H and O–H groups in total. The van der Waals surface area contributed by atoms with Crippen LogP contribution in [0.15, 0.2) is 77.7 Å². The maximum atomic E-state index is 12.7. The minimum absolute atomic E-state index is 0.0584. The van der Waals surface area contributed by atoms with E-state index in [4.69, 9.17) is 4.74 Å². The summed E-state index contributed by atoms with van der Waals surface area (Å²) < 4.78 is 32.6. The quantitative estimate of drug-likeness (QED) is 0.586. The summed E-state index contributed by atoms with van der Waals surface area (Å²) >= 11 is 0. The van der Waals surface area contributed by atoms with Crippen LogP contribution < -0.4 is 10.0 Å². The van der Waals surface area contributed by atoms with Crippen molar-refractivity contribution in [2.75, 3.05) is 17.1 Å². The van der Waals surface area contributed by atoms with Gasteiger partial charge < -0.3 is 10.1 Å². The molecule has 1 amide bonds. The summed E-state index contributed by atoms with van der Waals surface area (Å²) in [5, 5.41) is 2.62. The number of benzene rings is 3. The number of methoxy groups -OCH3 is 1. The van der Waals surface area contributed by atoms with Crippen LogP contribution in [0.1, 0.15) is 26.3 Å². The molecule has 0 aliphatic heterocycles. The van der Waals surface area contributed by atoms with Crippen molar-refractivity contribution in [3.05, 3.63) is 89.5 Å². The number of nitrogens with one attached hydrogen (secondary N) is 2. The van der Waals surface area contributed by atoms with E-state index in [0.717, 1.165) is 5.56 Å². The smallest absolute Gasteiger partial charge is 0.339 e. The summed E-state index contributed by atoms with van der Waals surface area (Å²) in [7, 11) is -2.64. The molecule has 3 aromatic carbocycles. The average molecular weight is 424 g/mol. The van der Waals surface area contributed by atoms with Crippen LogP contribution in [0.25, 0.3) is 0 Å². The number of esters is 1. The highest BCUT2D eigenvalue weighted by Gasteiger charge is 2.18. The summed E-state index contributed by atoms with van der Waals surface area (Å²) in [5.41, 5.74) is 2.01. The van der Waals surface area contributed by atoms with Crippen LogP contribution in [0.5, 0.6) is 0 Å². The van der Waals surface area contributed by atoms with Crippen molar-refractivity contribution in [1.82, 2.24) is 0 Å². The molecule has 0 aliphatic rings. The SMILES string of the molecule is COC(=O)c1ccccc1NC(=O)c1cccc(S(=O)(=O)Nc2ccc(C)cc2)c1. The van der Waals surface area contributed by atoms with Crippen molar-refractivity contribution in [2.45, 2.75) is 11.8 Å². The predicted molar refractivity (Wildman–Crippen MR) is 114 cm³/mol. The van der Waals surface area contributed by atoms with Gasteiger partial charge in [0, 0.05) is 11.3 Å². The van der Waals surface area contributed by atoms with Gasteiger partial charge in [-0.25, -0.2) is 13.2 Å². The number of anilines is 2. The average Bonchev–Trinajstić information content (AvgIpc) is 2.75. The van der Waals surface area contributed by atoms with E-state index in [9.17, 15) is 18.0 Å². The Bertz CT molecular complexity index is 1190. The van der Waals surface area contributed by atoms with E-state index < -0.39 is 21.9 Å². The second-order valence-electron chi connectivity index (χ2n) is 6.49. The fraction of sp³-hybridized carbons (Fsp3) is 0.0909. The third-order valence-electron chi connectivity index (χ3n) is 4.29. The first kappa shape index (κ1) is 21.1. The van der Waals surface area contributed by atoms with Crippen molar-refractivity contribution in [3.8, 4) is 0 Å². The maximum absolute atomic E-state index is 12.7. The summed E-state index contributed by atoms with van der Waals surface area (Å²) in [6.07, 6.45) is 0. The lowest BCUT2D eigenvalue weighted by atomic mass is 10.1. The molecule has 0 heterocycles. The van der Waals surface area contributed by atoms with E-state index in [1.807, 2.05) is 6.92 Å². The molecule has 3 rings (SSSR count). The standard InChI is InChI=1S/C22H20N2O5S/c1-15-10-12-17(13-11-15)24-30(27,28)18-7-5-6-16(14-18)21(25)23-20-9-4-3-8-19(20)22(26)29-2/h3-14,24H,1-2H3,(H,23,25). The molecule has 0 aromatic heterocycles. The first-order valence-electron chi connectivity index (χ1n) is 8.98. The van der Waals surface area contributed by atoms with Crippen LogP contribution in [0.2, 0.25) is 0 Å². The lowest BCUT2D eigenvalue weighted by molar-refractivity contribution is 0.0602. The van der Waals surface area contributed by atoms with Gasteiger partial charge >= 0.3 is 5.97 Å². The number of rotatable bonds is 6. The topological polar surface area (TPSA) is 102 Å². The number of para-hydroxylation sites is 1. The Balaban J connectivity index is 1.84. The minimum atomic E-state index is -3.88. The summed E-state index contributed by atoms with van der Waals surface area (Å²) in [4.78, 5) is 24.5. The third-order valence-corrected chi connectivity index (χ3v) is 5.67. The summed E-state index contributed by atoms with van der Waals surface area (Å²) in [5.74, 6) is -1.15. The van der Waals surface area contributed by atoms with Gasteiger partial charge in [-0.3, -0.25) is 9.52 Å². The number of hydrogen-bond acceptors (Lipinski definition) is 5. The van der Waals surface area contributed by atoms with Crippen molar-refractivity contribution in [2.24, 2.45) is 0 Å². The molecule has 0 atom stereocenters. The highest BCUT2D eigenvalue weighted by atomic mass is 32.2. The zero-order chi connectivity index (χ0) is 21.7. The molecular weight excluding hydrogens is 404 g/mol. The molecular formula is C22H20N2O5S. The predicted octanol–water partition coefficient (Wildman–Crippen LogP) is 3.83. The van der Waals surface area contributed by atoms with Gasteiger partial charge in [0.1, 0.15) is 0 Å². The van der Waals surface area contributed by atoms with E-state index >= 15 is 0 Å². The van der Waals surface area contributed by atoms with Crippen LogP contribution >= 0.6 is 0 Å². The number of aryl methyl sites for hydroxylation is 1. The van der Waals surface area contributed by atoms with Crippen molar-refractivity contribution < 1.29 is 22.7 Å². The van der Waals surface area contributed by atoms with Crippen LogP contribution in [-0.2, 0) is 14.8 Å². The van der Waals surface area contributed by atoms with Crippen LogP contribution in [0, 0.1) is 6.92 Å². The Kier molecular flexibility index (Phi) is 6.17.